The molecular weight excluding hydrogens is 186 g/mol. The summed E-state index contributed by atoms with van der Waals surface area (Å²) in [5.41, 5.74) is 4.94. The van der Waals surface area contributed by atoms with Crippen LogP contribution >= 0.6 is 0 Å². The van der Waals surface area contributed by atoms with Crippen molar-refractivity contribution in [3.63, 3.8) is 0 Å². The van der Waals surface area contributed by atoms with Crippen LogP contribution in [0, 0.1) is 0 Å². The summed E-state index contributed by atoms with van der Waals surface area (Å²) < 4.78 is 0. The van der Waals surface area contributed by atoms with Crippen LogP contribution in [0.15, 0.2) is 27.9 Å². The zero-order valence-electron chi connectivity index (χ0n) is 10.1. The molecule has 0 fully saturated rings. The Morgan fingerprint density at radius 3 is 2.67 bits per heavy atom. The zero-order valence-corrected chi connectivity index (χ0v) is 10.1. The molecule has 1 aliphatic heterocycles. The maximum atomic E-state index is 4.40. The van der Waals surface area contributed by atoms with Gasteiger partial charge in [-0.05, 0) is 38.0 Å². The fraction of sp³-hybridized carbons (Fsp3) is 0.583. The van der Waals surface area contributed by atoms with Gasteiger partial charge in [0.25, 0.3) is 0 Å². The lowest BCUT2D eigenvalue weighted by atomic mass is 9.97. The molecule has 0 saturated heterocycles. The fourth-order valence-corrected chi connectivity index (χ4v) is 1.75. The Kier molecular flexibility index (Phi) is 4.56. The molecule has 0 aromatic carbocycles. The van der Waals surface area contributed by atoms with Crippen molar-refractivity contribution < 1.29 is 0 Å². The fourth-order valence-electron chi connectivity index (χ4n) is 1.75. The summed E-state index contributed by atoms with van der Waals surface area (Å²) in [4.78, 5) is 4.40. The van der Waals surface area contributed by atoms with E-state index in [2.05, 4.69) is 35.5 Å². The van der Waals surface area contributed by atoms with Gasteiger partial charge in [0.2, 0.25) is 0 Å². The summed E-state index contributed by atoms with van der Waals surface area (Å²) in [7, 11) is 3.81. The minimum Gasteiger partial charge on any atom is -0.391 e. The summed E-state index contributed by atoms with van der Waals surface area (Å²) in [6.45, 7) is 6.22. The smallest absolute Gasteiger partial charge is 0.0646 e. The molecule has 1 rings (SSSR count). The molecule has 0 bridgehead atoms. The molecular formula is C12H21N3. The Morgan fingerprint density at radius 1 is 1.47 bits per heavy atom. The summed E-state index contributed by atoms with van der Waals surface area (Å²) in [5, 5.41) is 6.49. The van der Waals surface area contributed by atoms with Crippen LogP contribution in [0.3, 0.4) is 0 Å². The summed E-state index contributed by atoms with van der Waals surface area (Å²) in [5.74, 6) is 0. The SMILES string of the molecule is CN=C(C1=CCNCC1)/C(C)=C(\C)NC. The van der Waals surface area contributed by atoms with Gasteiger partial charge < -0.3 is 10.6 Å². The van der Waals surface area contributed by atoms with Crippen LogP contribution in [0.5, 0.6) is 0 Å². The first kappa shape index (κ1) is 12.0. The minimum atomic E-state index is 0.959. The van der Waals surface area contributed by atoms with E-state index in [4.69, 9.17) is 0 Å². The van der Waals surface area contributed by atoms with Crippen molar-refractivity contribution in [2.75, 3.05) is 27.2 Å². The summed E-state index contributed by atoms with van der Waals surface area (Å²) in [6.07, 6.45) is 3.30. The van der Waals surface area contributed by atoms with Crippen LogP contribution in [0.25, 0.3) is 0 Å². The van der Waals surface area contributed by atoms with E-state index in [1.807, 2.05) is 14.1 Å². The van der Waals surface area contributed by atoms with E-state index >= 15 is 0 Å². The molecule has 0 unspecified atom stereocenters. The van der Waals surface area contributed by atoms with Gasteiger partial charge in [-0.25, -0.2) is 0 Å². The highest BCUT2D eigenvalue weighted by Crippen LogP contribution is 2.15. The van der Waals surface area contributed by atoms with E-state index < -0.39 is 0 Å². The zero-order chi connectivity index (χ0) is 11.3. The third-order valence-corrected chi connectivity index (χ3v) is 2.88. The first-order chi connectivity index (χ1) is 7.20. The molecule has 0 aromatic rings. The van der Waals surface area contributed by atoms with Crippen LogP contribution in [0.2, 0.25) is 0 Å². The highest BCUT2D eigenvalue weighted by Gasteiger charge is 2.12. The first-order valence-corrected chi connectivity index (χ1v) is 5.43. The van der Waals surface area contributed by atoms with Crippen molar-refractivity contribution in [2.24, 2.45) is 4.99 Å². The molecule has 3 heteroatoms. The van der Waals surface area contributed by atoms with Gasteiger partial charge in [0, 0.05) is 26.3 Å². The summed E-state index contributed by atoms with van der Waals surface area (Å²) in [6, 6.07) is 0. The average Bonchev–Trinajstić information content (AvgIpc) is 2.30. The first-order valence-electron chi connectivity index (χ1n) is 5.43. The van der Waals surface area contributed by atoms with Crippen molar-refractivity contribution in [1.29, 1.82) is 0 Å². The molecule has 0 amide bonds. The van der Waals surface area contributed by atoms with Gasteiger partial charge in [0.05, 0.1) is 5.71 Å². The molecule has 0 saturated carbocycles. The second-order valence-electron chi connectivity index (χ2n) is 3.76. The predicted octanol–water partition coefficient (Wildman–Crippen LogP) is 1.49. The third kappa shape index (κ3) is 2.93. The molecule has 0 aliphatic carbocycles. The lowest BCUT2D eigenvalue weighted by Crippen LogP contribution is -2.24. The van der Waals surface area contributed by atoms with Crippen molar-refractivity contribution in [2.45, 2.75) is 20.3 Å². The van der Waals surface area contributed by atoms with E-state index in [0.717, 1.165) is 25.2 Å². The number of hydrogen-bond donors (Lipinski definition) is 2. The average molecular weight is 207 g/mol. The van der Waals surface area contributed by atoms with Crippen LogP contribution in [0.4, 0.5) is 0 Å². The lowest BCUT2D eigenvalue weighted by molar-refractivity contribution is 0.717. The van der Waals surface area contributed by atoms with Crippen LogP contribution in [-0.2, 0) is 0 Å². The van der Waals surface area contributed by atoms with Crippen LogP contribution < -0.4 is 10.6 Å². The number of nitrogens with zero attached hydrogens (tertiary/aromatic N) is 1. The van der Waals surface area contributed by atoms with E-state index in [-0.39, 0.29) is 0 Å². The van der Waals surface area contributed by atoms with Crippen molar-refractivity contribution in [3.05, 3.63) is 22.9 Å². The molecule has 1 heterocycles. The van der Waals surface area contributed by atoms with Gasteiger partial charge >= 0.3 is 0 Å². The number of allylic oxidation sites excluding steroid dienone is 2. The Bertz CT molecular complexity index is 311. The quantitative estimate of drug-likeness (QED) is 0.688. The van der Waals surface area contributed by atoms with Gasteiger partial charge in [-0.1, -0.05) is 6.08 Å². The molecule has 0 aromatic heterocycles. The van der Waals surface area contributed by atoms with Gasteiger partial charge in [-0.2, -0.15) is 0 Å². The van der Waals surface area contributed by atoms with Gasteiger partial charge in [0.1, 0.15) is 0 Å². The Labute approximate surface area is 92.4 Å². The Hall–Kier alpha value is -1.09. The molecule has 84 valence electrons. The van der Waals surface area contributed by atoms with Gasteiger partial charge in [-0.15, -0.1) is 0 Å². The Balaban J connectivity index is 2.94. The third-order valence-electron chi connectivity index (χ3n) is 2.88. The standard InChI is InChI=1S/C12H21N3/c1-9(10(2)13-3)12(14-4)11-5-7-15-8-6-11/h5,13,15H,6-8H2,1-4H3/b10-9+,14-12?. The maximum absolute atomic E-state index is 4.40. The lowest BCUT2D eigenvalue weighted by Gasteiger charge is -2.17. The number of aliphatic imine (C=N–C) groups is 1. The second-order valence-corrected chi connectivity index (χ2v) is 3.76. The molecule has 15 heavy (non-hydrogen) atoms. The molecule has 0 atom stereocenters. The van der Waals surface area contributed by atoms with Crippen molar-refractivity contribution >= 4 is 5.71 Å². The highest BCUT2D eigenvalue weighted by molar-refractivity contribution is 6.12. The van der Waals surface area contributed by atoms with Crippen molar-refractivity contribution in [3.8, 4) is 0 Å². The minimum absolute atomic E-state index is 0.959. The van der Waals surface area contributed by atoms with Gasteiger partial charge in [-0.3, -0.25) is 4.99 Å². The Morgan fingerprint density at radius 2 is 2.20 bits per heavy atom. The van der Waals surface area contributed by atoms with E-state index in [1.54, 1.807) is 0 Å². The van der Waals surface area contributed by atoms with Crippen LogP contribution in [0.1, 0.15) is 20.3 Å². The molecule has 0 radical (unpaired) electrons. The van der Waals surface area contributed by atoms with Crippen LogP contribution in [-0.4, -0.2) is 32.9 Å². The molecule has 2 N–H and O–H groups in total. The van der Waals surface area contributed by atoms with Crippen molar-refractivity contribution in [1.82, 2.24) is 10.6 Å². The molecule has 0 spiro atoms. The maximum Gasteiger partial charge on any atom is 0.0646 e. The number of rotatable bonds is 3. The number of nitrogens with one attached hydrogen (secondary N) is 2. The molecule has 1 aliphatic rings. The normalized spacial score (nSPS) is 19.5. The van der Waals surface area contributed by atoms with E-state index in [1.165, 1.54) is 16.8 Å². The predicted molar refractivity (Wildman–Crippen MR) is 66.4 cm³/mol. The van der Waals surface area contributed by atoms with Gasteiger partial charge in [0.15, 0.2) is 0 Å². The number of hydrogen-bond acceptors (Lipinski definition) is 3. The topological polar surface area (TPSA) is 36.4 Å². The largest absolute Gasteiger partial charge is 0.391 e. The molecule has 3 nitrogen and oxygen atoms in total. The van der Waals surface area contributed by atoms with E-state index in [9.17, 15) is 0 Å². The van der Waals surface area contributed by atoms with E-state index in [0.29, 0.717) is 0 Å². The summed E-state index contributed by atoms with van der Waals surface area (Å²) >= 11 is 0. The highest BCUT2D eigenvalue weighted by atomic mass is 14.9. The monoisotopic (exact) mass is 207 g/mol. The second kappa shape index (κ2) is 5.71.